The van der Waals surface area contributed by atoms with Gasteiger partial charge < -0.3 is 18.6 Å². The minimum Gasteiger partial charge on any atom is -0.493 e. The first-order valence-electron chi connectivity index (χ1n) is 8.99. The Labute approximate surface area is 176 Å². The summed E-state index contributed by atoms with van der Waals surface area (Å²) < 4.78 is 23.6. The Morgan fingerprint density at radius 3 is 2.37 bits per heavy atom. The normalized spacial score (nSPS) is 11.1. The molecule has 30 heavy (non-hydrogen) atoms. The highest BCUT2D eigenvalue weighted by atomic mass is 32.2. The van der Waals surface area contributed by atoms with Gasteiger partial charge in [0.05, 0.1) is 27.1 Å². The molecule has 0 fully saturated rings. The lowest BCUT2D eigenvalue weighted by Crippen LogP contribution is -1.97. The van der Waals surface area contributed by atoms with E-state index in [0.717, 1.165) is 11.4 Å². The summed E-state index contributed by atoms with van der Waals surface area (Å²) in [6.07, 6.45) is 0. The molecule has 0 aliphatic rings. The molecule has 0 aliphatic carbocycles. The summed E-state index contributed by atoms with van der Waals surface area (Å²) in [5.41, 5.74) is 2.53. The second kappa shape index (κ2) is 8.19. The number of aryl methyl sites for hydroxylation is 2. The number of methoxy groups -OCH3 is 3. The van der Waals surface area contributed by atoms with Gasteiger partial charge in [-0.3, -0.25) is 0 Å². The lowest BCUT2D eigenvalue weighted by Gasteiger charge is -2.12. The highest BCUT2D eigenvalue weighted by Crippen LogP contribution is 2.41. The lowest BCUT2D eigenvalue weighted by molar-refractivity contribution is 0.324. The third-order valence-electron chi connectivity index (χ3n) is 4.30. The van der Waals surface area contributed by atoms with Crippen LogP contribution in [0, 0.1) is 13.8 Å². The molecule has 0 radical (unpaired) electrons. The summed E-state index contributed by atoms with van der Waals surface area (Å²) in [7, 11) is 4.65. The van der Waals surface area contributed by atoms with Crippen LogP contribution in [0.3, 0.4) is 0 Å². The van der Waals surface area contributed by atoms with Crippen LogP contribution in [-0.2, 0) is 5.75 Å². The minimum atomic E-state index is 0.348. The molecule has 0 bridgehead atoms. The van der Waals surface area contributed by atoms with Crippen LogP contribution in [0.5, 0.6) is 17.2 Å². The third kappa shape index (κ3) is 3.75. The predicted molar refractivity (Wildman–Crippen MR) is 109 cm³/mol. The van der Waals surface area contributed by atoms with Crippen LogP contribution < -0.4 is 14.2 Å². The smallest absolute Gasteiger partial charge is 0.253 e. The first kappa shape index (κ1) is 20.0. The van der Waals surface area contributed by atoms with Gasteiger partial charge in [-0.25, -0.2) is 9.50 Å². The van der Waals surface area contributed by atoms with E-state index < -0.39 is 0 Å². The summed E-state index contributed by atoms with van der Waals surface area (Å²) in [6.45, 7) is 3.89. The van der Waals surface area contributed by atoms with E-state index in [4.69, 9.17) is 18.6 Å². The zero-order valence-corrected chi connectivity index (χ0v) is 18.0. The van der Waals surface area contributed by atoms with Crippen molar-refractivity contribution >= 4 is 17.5 Å². The average Bonchev–Trinajstić information content (AvgIpc) is 3.38. The molecular formula is C19H20N6O4S. The average molecular weight is 428 g/mol. The fourth-order valence-electron chi connectivity index (χ4n) is 2.97. The van der Waals surface area contributed by atoms with Gasteiger partial charge in [-0.05, 0) is 32.0 Å². The SMILES string of the molecule is COc1cc(-c2nnc(CSc3nc4nc(C)cc(C)n4n3)o2)cc(OC)c1OC. The number of aromatic nitrogens is 6. The van der Waals surface area contributed by atoms with Crippen LogP contribution >= 0.6 is 11.8 Å². The van der Waals surface area contributed by atoms with E-state index in [0.29, 0.717) is 51.3 Å². The van der Waals surface area contributed by atoms with Gasteiger partial charge in [0.1, 0.15) is 0 Å². The molecule has 10 nitrogen and oxygen atoms in total. The van der Waals surface area contributed by atoms with E-state index >= 15 is 0 Å². The molecule has 1 aromatic carbocycles. The topological polar surface area (TPSA) is 110 Å². The van der Waals surface area contributed by atoms with Crippen LogP contribution in [-0.4, -0.2) is 51.1 Å². The van der Waals surface area contributed by atoms with E-state index in [1.165, 1.54) is 11.8 Å². The van der Waals surface area contributed by atoms with Crippen LogP contribution in [0.1, 0.15) is 17.3 Å². The Bertz CT molecular complexity index is 1180. The predicted octanol–water partition coefficient (Wildman–Crippen LogP) is 3.11. The summed E-state index contributed by atoms with van der Waals surface area (Å²) in [4.78, 5) is 8.84. The van der Waals surface area contributed by atoms with Gasteiger partial charge in [-0.15, -0.1) is 15.3 Å². The number of hydrogen-bond acceptors (Lipinski definition) is 10. The summed E-state index contributed by atoms with van der Waals surface area (Å²) in [6, 6.07) is 5.47. The Hall–Kier alpha value is -3.34. The van der Waals surface area contributed by atoms with Gasteiger partial charge in [-0.2, -0.15) is 4.98 Å². The number of nitrogens with zero attached hydrogens (tertiary/aromatic N) is 6. The van der Waals surface area contributed by atoms with Crippen molar-refractivity contribution in [3.8, 4) is 28.7 Å². The molecule has 0 aliphatic heterocycles. The van der Waals surface area contributed by atoms with Gasteiger partial charge in [0.15, 0.2) is 11.5 Å². The number of rotatable bonds is 7. The van der Waals surface area contributed by atoms with E-state index in [1.54, 1.807) is 38.0 Å². The van der Waals surface area contributed by atoms with Gasteiger partial charge in [0.2, 0.25) is 22.7 Å². The zero-order valence-electron chi connectivity index (χ0n) is 17.2. The van der Waals surface area contributed by atoms with Crippen molar-refractivity contribution in [2.45, 2.75) is 24.8 Å². The Balaban J connectivity index is 1.54. The summed E-state index contributed by atoms with van der Waals surface area (Å²) >= 11 is 1.40. The second-order valence-corrected chi connectivity index (χ2v) is 7.29. The molecule has 4 aromatic rings. The highest BCUT2D eigenvalue weighted by molar-refractivity contribution is 7.98. The van der Waals surface area contributed by atoms with Crippen molar-refractivity contribution in [2.24, 2.45) is 0 Å². The molecule has 0 amide bonds. The van der Waals surface area contributed by atoms with Gasteiger partial charge >= 0.3 is 0 Å². The van der Waals surface area contributed by atoms with Crippen molar-refractivity contribution in [1.29, 1.82) is 0 Å². The number of benzene rings is 1. The van der Waals surface area contributed by atoms with E-state index in [2.05, 4.69) is 25.3 Å². The molecule has 0 unspecified atom stereocenters. The number of thioether (sulfide) groups is 1. The fraction of sp³-hybridized carbons (Fsp3) is 0.316. The largest absolute Gasteiger partial charge is 0.493 e. The maximum Gasteiger partial charge on any atom is 0.253 e. The molecule has 4 rings (SSSR count). The van der Waals surface area contributed by atoms with Crippen molar-refractivity contribution in [3.63, 3.8) is 0 Å². The first-order chi connectivity index (χ1) is 14.5. The molecule has 0 saturated carbocycles. The van der Waals surface area contributed by atoms with Gasteiger partial charge in [0, 0.05) is 17.0 Å². The first-order valence-corrected chi connectivity index (χ1v) is 9.97. The second-order valence-electron chi connectivity index (χ2n) is 6.35. The van der Waals surface area contributed by atoms with E-state index in [1.807, 2.05) is 19.9 Å². The van der Waals surface area contributed by atoms with Crippen molar-refractivity contribution in [2.75, 3.05) is 21.3 Å². The fourth-order valence-corrected chi connectivity index (χ4v) is 3.62. The highest BCUT2D eigenvalue weighted by Gasteiger charge is 2.18. The quantitative estimate of drug-likeness (QED) is 0.407. The number of hydrogen-bond donors (Lipinski definition) is 0. The standard InChI is InChI=1S/C19H20N6O4S/c1-10-6-11(2)25-18(20-10)21-19(24-25)30-9-15-22-23-17(29-15)12-7-13(26-3)16(28-5)14(8-12)27-4/h6-8H,9H2,1-5H3. The van der Waals surface area contributed by atoms with Crippen molar-refractivity contribution in [3.05, 3.63) is 35.5 Å². The van der Waals surface area contributed by atoms with E-state index in [-0.39, 0.29) is 0 Å². The third-order valence-corrected chi connectivity index (χ3v) is 5.12. The van der Waals surface area contributed by atoms with Crippen molar-refractivity contribution in [1.82, 2.24) is 29.8 Å². The van der Waals surface area contributed by atoms with Crippen LogP contribution in [0.25, 0.3) is 17.2 Å². The number of ether oxygens (including phenoxy) is 3. The van der Waals surface area contributed by atoms with Crippen LogP contribution in [0.2, 0.25) is 0 Å². The van der Waals surface area contributed by atoms with Crippen molar-refractivity contribution < 1.29 is 18.6 Å². The Morgan fingerprint density at radius 1 is 0.967 bits per heavy atom. The molecule has 0 N–H and O–H groups in total. The monoisotopic (exact) mass is 428 g/mol. The van der Waals surface area contributed by atoms with Crippen LogP contribution in [0.4, 0.5) is 0 Å². The Kier molecular flexibility index (Phi) is 5.44. The molecule has 0 atom stereocenters. The zero-order chi connectivity index (χ0) is 21.3. The summed E-state index contributed by atoms with van der Waals surface area (Å²) in [5.74, 6) is 3.30. The maximum absolute atomic E-state index is 5.81. The van der Waals surface area contributed by atoms with Gasteiger partial charge in [0.25, 0.3) is 5.78 Å². The molecule has 3 aromatic heterocycles. The van der Waals surface area contributed by atoms with Crippen LogP contribution in [0.15, 0.2) is 27.8 Å². The van der Waals surface area contributed by atoms with E-state index in [9.17, 15) is 0 Å². The maximum atomic E-state index is 5.81. The molecule has 3 heterocycles. The molecule has 156 valence electrons. The minimum absolute atomic E-state index is 0.348. The number of fused-ring (bicyclic) bond motifs is 1. The molecule has 11 heteroatoms. The molecule has 0 spiro atoms. The Morgan fingerprint density at radius 2 is 1.70 bits per heavy atom. The van der Waals surface area contributed by atoms with Gasteiger partial charge in [-0.1, -0.05) is 11.8 Å². The molecular weight excluding hydrogens is 408 g/mol. The summed E-state index contributed by atoms with van der Waals surface area (Å²) in [5, 5.41) is 13.3. The lowest BCUT2D eigenvalue weighted by atomic mass is 10.2. The molecule has 0 saturated heterocycles.